The van der Waals surface area contributed by atoms with Gasteiger partial charge in [-0.25, -0.2) is 9.18 Å². The summed E-state index contributed by atoms with van der Waals surface area (Å²) < 4.78 is 13.1. The zero-order chi connectivity index (χ0) is 21.5. The summed E-state index contributed by atoms with van der Waals surface area (Å²) in [6.45, 7) is 4.74. The topological polar surface area (TPSA) is 69.7 Å². The Hall–Kier alpha value is -3.22. The zero-order valence-electron chi connectivity index (χ0n) is 17.1. The standard InChI is InChI=1S/C23H24FN3O3/c1-15-3-4-16(2)19(13-15)20(28)26-11-9-23(10-12-26)21(29)27(22(30)25-23)14-17-5-7-18(24)8-6-17/h3-8,13H,9-12,14H2,1-2H3,(H,25,30). The summed E-state index contributed by atoms with van der Waals surface area (Å²) in [6.07, 6.45) is 0.738. The summed E-state index contributed by atoms with van der Waals surface area (Å²) in [5.41, 5.74) is 2.31. The molecule has 0 aromatic heterocycles. The van der Waals surface area contributed by atoms with E-state index in [2.05, 4.69) is 5.32 Å². The Morgan fingerprint density at radius 2 is 1.73 bits per heavy atom. The highest BCUT2D eigenvalue weighted by molar-refractivity contribution is 6.07. The van der Waals surface area contributed by atoms with E-state index in [4.69, 9.17) is 0 Å². The molecule has 1 N–H and O–H groups in total. The van der Waals surface area contributed by atoms with Crippen LogP contribution in [0.4, 0.5) is 9.18 Å². The maximum absolute atomic E-state index is 13.1. The number of urea groups is 1. The van der Waals surface area contributed by atoms with E-state index in [1.54, 1.807) is 17.0 Å². The van der Waals surface area contributed by atoms with Gasteiger partial charge in [0, 0.05) is 18.7 Å². The van der Waals surface area contributed by atoms with E-state index in [0.717, 1.165) is 11.1 Å². The van der Waals surface area contributed by atoms with Gasteiger partial charge in [0.05, 0.1) is 6.54 Å². The van der Waals surface area contributed by atoms with Crippen LogP contribution in [-0.4, -0.2) is 46.3 Å². The molecule has 0 bridgehead atoms. The van der Waals surface area contributed by atoms with Crippen molar-refractivity contribution >= 4 is 17.8 Å². The molecule has 6 nitrogen and oxygen atoms in total. The molecule has 4 amide bonds. The molecule has 7 heteroatoms. The Bertz CT molecular complexity index is 1010. The highest BCUT2D eigenvalue weighted by atomic mass is 19.1. The Balaban J connectivity index is 1.45. The van der Waals surface area contributed by atoms with Gasteiger partial charge < -0.3 is 10.2 Å². The van der Waals surface area contributed by atoms with Crippen molar-refractivity contribution < 1.29 is 18.8 Å². The third kappa shape index (κ3) is 3.56. The zero-order valence-corrected chi connectivity index (χ0v) is 17.1. The number of nitrogens with one attached hydrogen (secondary N) is 1. The second kappa shape index (κ2) is 7.55. The molecule has 2 saturated heterocycles. The first-order valence-corrected chi connectivity index (χ1v) is 10.0. The number of piperidine rings is 1. The average molecular weight is 409 g/mol. The summed E-state index contributed by atoms with van der Waals surface area (Å²) in [5.74, 6) is -0.699. The highest BCUT2D eigenvalue weighted by Crippen LogP contribution is 2.31. The number of hydrogen-bond donors (Lipinski definition) is 1. The maximum Gasteiger partial charge on any atom is 0.325 e. The van der Waals surface area contributed by atoms with Crippen molar-refractivity contribution in [2.75, 3.05) is 13.1 Å². The summed E-state index contributed by atoms with van der Waals surface area (Å²) in [6, 6.07) is 11.1. The van der Waals surface area contributed by atoms with Gasteiger partial charge in [0.25, 0.3) is 11.8 Å². The Kier molecular flexibility index (Phi) is 5.05. The number of nitrogens with zero attached hydrogens (tertiary/aromatic N) is 2. The summed E-state index contributed by atoms with van der Waals surface area (Å²) in [4.78, 5) is 41.5. The maximum atomic E-state index is 13.1. The van der Waals surface area contributed by atoms with E-state index in [-0.39, 0.29) is 24.2 Å². The molecular weight excluding hydrogens is 385 g/mol. The predicted molar refractivity (Wildman–Crippen MR) is 109 cm³/mol. The fourth-order valence-electron chi connectivity index (χ4n) is 4.16. The lowest BCUT2D eigenvalue weighted by Crippen LogP contribution is -2.55. The molecular formula is C23H24FN3O3. The molecule has 1 spiro atoms. The highest BCUT2D eigenvalue weighted by Gasteiger charge is 2.52. The first kappa shape index (κ1) is 20.1. The van der Waals surface area contributed by atoms with Gasteiger partial charge in [-0.3, -0.25) is 14.5 Å². The lowest BCUT2D eigenvalue weighted by Gasteiger charge is -2.37. The van der Waals surface area contributed by atoms with E-state index in [1.807, 2.05) is 32.0 Å². The van der Waals surface area contributed by atoms with Crippen LogP contribution in [0.3, 0.4) is 0 Å². The average Bonchev–Trinajstić information content (AvgIpc) is 2.95. The molecule has 2 aliphatic heterocycles. The van der Waals surface area contributed by atoms with E-state index in [9.17, 15) is 18.8 Å². The van der Waals surface area contributed by atoms with Crippen LogP contribution < -0.4 is 5.32 Å². The van der Waals surface area contributed by atoms with E-state index in [0.29, 0.717) is 37.1 Å². The number of carbonyl (C=O) groups is 3. The van der Waals surface area contributed by atoms with Crippen molar-refractivity contribution in [3.63, 3.8) is 0 Å². The van der Waals surface area contributed by atoms with Crippen LogP contribution in [-0.2, 0) is 11.3 Å². The molecule has 0 radical (unpaired) electrons. The molecule has 0 atom stereocenters. The summed E-state index contributed by atoms with van der Waals surface area (Å²) in [7, 11) is 0. The second-order valence-corrected chi connectivity index (χ2v) is 8.14. The van der Waals surface area contributed by atoms with E-state index < -0.39 is 11.6 Å². The molecule has 2 aromatic carbocycles. The number of likely N-dealkylation sites (tertiary alicyclic amines) is 1. The number of aryl methyl sites for hydroxylation is 2. The SMILES string of the molecule is Cc1ccc(C)c(C(=O)N2CCC3(CC2)NC(=O)N(Cc2ccc(F)cc2)C3=O)c1. The Morgan fingerprint density at radius 3 is 2.40 bits per heavy atom. The van der Waals surface area contributed by atoms with Crippen molar-refractivity contribution in [1.29, 1.82) is 0 Å². The number of carbonyl (C=O) groups excluding carboxylic acids is 3. The van der Waals surface area contributed by atoms with Gasteiger partial charge in [-0.05, 0) is 56.0 Å². The normalized spacial score (nSPS) is 18.1. The second-order valence-electron chi connectivity index (χ2n) is 8.14. The van der Waals surface area contributed by atoms with Crippen LogP contribution in [0, 0.1) is 19.7 Å². The molecule has 2 heterocycles. The van der Waals surface area contributed by atoms with Gasteiger partial charge in [0.2, 0.25) is 0 Å². The number of hydrogen-bond acceptors (Lipinski definition) is 3. The first-order chi connectivity index (χ1) is 14.3. The van der Waals surface area contributed by atoms with Crippen LogP contribution in [0.25, 0.3) is 0 Å². The van der Waals surface area contributed by atoms with Gasteiger partial charge >= 0.3 is 6.03 Å². The molecule has 156 valence electrons. The fraction of sp³-hybridized carbons (Fsp3) is 0.348. The van der Waals surface area contributed by atoms with Crippen molar-refractivity contribution in [2.24, 2.45) is 0 Å². The number of halogens is 1. The van der Waals surface area contributed by atoms with E-state index >= 15 is 0 Å². The van der Waals surface area contributed by atoms with Crippen LogP contribution in [0.5, 0.6) is 0 Å². The quantitative estimate of drug-likeness (QED) is 0.792. The molecule has 0 aliphatic carbocycles. The lowest BCUT2D eigenvalue weighted by atomic mass is 9.87. The monoisotopic (exact) mass is 409 g/mol. The van der Waals surface area contributed by atoms with Crippen molar-refractivity contribution in [3.8, 4) is 0 Å². The first-order valence-electron chi connectivity index (χ1n) is 10.0. The Labute approximate surface area is 174 Å². The molecule has 0 unspecified atom stereocenters. The molecule has 4 rings (SSSR count). The van der Waals surface area contributed by atoms with Crippen LogP contribution in [0.2, 0.25) is 0 Å². The predicted octanol–water partition coefficient (Wildman–Crippen LogP) is 3.17. The minimum absolute atomic E-state index is 0.0500. The molecule has 0 saturated carbocycles. The third-order valence-corrected chi connectivity index (χ3v) is 6.03. The van der Waals surface area contributed by atoms with Gasteiger partial charge in [-0.1, -0.05) is 29.8 Å². The largest absolute Gasteiger partial charge is 0.338 e. The van der Waals surface area contributed by atoms with Crippen LogP contribution in [0.1, 0.15) is 39.9 Å². The van der Waals surface area contributed by atoms with Crippen molar-refractivity contribution in [1.82, 2.24) is 15.1 Å². The number of imide groups is 1. The molecule has 30 heavy (non-hydrogen) atoms. The third-order valence-electron chi connectivity index (χ3n) is 6.03. The molecule has 2 fully saturated rings. The fourth-order valence-corrected chi connectivity index (χ4v) is 4.16. The van der Waals surface area contributed by atoms with Gasteiger partial charge in [-0.15, -0.1) is 0 Å². The van der Waals surface area contributed by atoms with Crippen LogP contribution >= 0.6 is 0 Å². The lowest BCUT2D eigenvalue weighted by molar-refractivity contribution is -0.133. The van der Waals surface area contributed by atoms with Crippen molar-refractivity contribution in [3.05, 3.63) is 70.5 Å². The smallest absolute Gasteiger partial charge is 0.325 e. The molecule has 2 aliphatic rings. The van der Waals surface area contributed by atoms with Gasteiger partial charge in [0.1, 0.15) is 11.4 Å². The molecule has 2 aromatic rings. The summed E-state index contributed by atoms with van der Waals surface area (Å²) >= 11 is 0. The number of rotatable bonds is 3. The van der Waals surface area contributed by atoms with Crippen molar-refractivity contribution in [2.45, 2.75) is 38.8 Å². The number of amides is 4. The number of benzene rings is 2. The van der Waals surface area contributed by atoms with E-state index in [1.165, 1.54) is 17.0 Å². The minimum Gasteiger partial charge on any atom is -0.338 e. The minimum atomic E-state index is -0.977. The van der Waals surface area contributed by atoms with Crippen LogP contribution in [0.15, 0.2) is 42.5 Å². The Morgan fingerprint density at radius 1 is 1.07 bits per heavy atom. The van der Waals surface area contributed by atoms with Gasteiger partial charge in [0.15, 0.2) is 0 Å². The summed E-state index contributed by atoms with van der Waals surface area (Å²) in [5, 5.41) is 2.85. The van der Waals surface area contributed by atoms with Gasteiger partial charge in [-0.2, -0.15) is 0 Å².